The summed E-state index contributed by atoms with van der Waals surface area (Å²) < 4.78 is 32.8. The van der Waals surface area contributed by atoms with E-state index in [-0.39, 0.29) is 17.3 Å². The third-order valence-corrected chi connectivity index (χ3v) is 3.42. The predicted octanol–water partition coefficient (Wildman–Crippen LogP) is 1.32. The standard InChI is InChI=1S/C10H14ClNO4S/c1-7-5-9(16-4-3-15-2)10(6-8(7)11)17(12,13)14/h5-6H,3-4H2,1-2H3,(H2,12,13,14). The number of benzene rings is 1. The Labute approximate surface area is 106 Å². The lowest BCUT2D eigenvalue weighted by atomic mass is 10.2. The molecular weight excluding hydrogens is 266 g/mol. The van der Waals surface area contributed by atoms with Crippen LogP contribution >= 0.6 is 11.6 Å². The summed E-state index contributed by atoms with van der Waals surface area (Å²) in [5.74, 6) is 0.187. The molecule has 0 amide bonds. The van der Waals surface area contributed by atoms with Gasteiger partial charge < -0.3 is 9.47 Å². The molecule has 0 saturated carbocycles. The molecule has 5 nitrogen and oxygen atoms in total. The number of primary sulfonamides is 1. The number of hydrogen-bond donors (Lipinski definition) is 1. The highest BCUT2D eigenvalue weighted by Gasteiger charge is 2.17. The first-order valence-electron chi connectivity index (χ1n) is 4.81. The molecule has 0 fully saturated rings. The van der Waals surface area contributed by atoms with Gasteiger partial charge in [0.15, 0.2) is 0 Å². The maximum atomic E-state index is 11.4. The van der Waals surface area contributed by atoms with E-state index >= 15 is 0 Å². The van der Waals surface area contributed by atoms with Gasteiger partial charge in [-0.1, -0.05) is 11.6 Å². The number of aryl methyl sites for hydroxylation is 1. The van der Waals surface area contributed by atoms with Crippen molar-refractivity contribution in [2.45, 2.75) is 11.8 Å². The molecule has 1 rings (SSSR count). The van der Waals surface area contributed by atoms with Crippen LogP contribution in [0.1, 0.15) is 5.56 Å². The topological polar surface area (TPSA) is 78.6 Å². The van der Waals surface area contributed by atoms with Crippen molar-refractivity contribution in [3.05, 3.63) is 22.7 Å². The van der Waals surface area contributed by atoms with Crippen LogP contribution in [0.25, 0.3) is 0 Å². The van der Waals surface area contributed by atoms with Gasteiger partial charge in [-0.3, -0.25) is 0 Å². The second-order valence-corrected chi connectivity index (χ2v) is 5.37. The van der Waals surface area contributed by atoms with Gasteiger partial charge in [0, 0.05) is 12.1 Å². The molecule has 0 aromatic heterocycles. The first kappa shape index (κ1) is 14.2. The van der Waals surface area contributed by atoms with Crippen LogP contribution in [0.2, 0.25) is 5.02 Å². The Morgan fingerprint density at radius 1 is 1.35 bits per heavy atom. The summed E-state index contributed by atoms with van der Waals surface area (Å²) in [5, 5.41) is 5.41. The van der Waals surface area contributed by atoms with Crippen LogP contribution in [0.3, 0.4) is 0 Å². The second kappa shape index (κ2) is 5.68. The van der Waals surface area contributed by atoms with E-state index in [9.17, 15) is 8.42 Å². The van der Waals surface area contributed by atoms with Crippen LogP contribution in [0.4, 0.5) is 0 Å². The SMILES string of the molecule is COCCOc1cc(C)c(Cl)cc1S(N)(=O)=O. The van der Waals surface area contributed by atoms with Gasteiger partial charge >= 0.3 is 0 Å². The van der Waals surface area contributed by atoms with Gasteiger partial charge in [-0.15, -0.1) is 0 Å². The summed E-state index contributed by atoms with van der Waals surface area (Å²) in [7, 11) is -2.34. The van der Waals surface area contributed by atoms with Crippen molar-refractivity contribution in [3.63, 3.8) is 0 Å². The quantitative estimate of drug-likeness (QED) is 0.825. The van der Waals surface area contributed by atoms with Crippen LogP contribution in [0.5, 0.6) is 5.75 Å². The lowest BCUT2D eigenvalue weighted by molar-refractivity contribution is 0.144. The normalized spacial score (nSPS) is 11.5. The number of hydrogen-bond acceptors (Lipinski definition) is 4. The summed E-state index contributed by atoms with van der Waals surface area (Å²) in [6.07, 6.45) is 0. The molecule has 0 radical (unpaired) electrons. The lowest BCUT2D eigenvalue weighted by Gasteiger charge is -2.11. The van der Waals surface area contributed by atoms with Crippen molar-refractivity contribution in [3.8, 4) is 5.75 Å². The Balaban J connectivity index is 3.13. The Kier molecular flexibility index (Phi) is 4.76. The van der Waals surface area contributed by atoms with Crippen LogP contribution in [0, 0.1) is 6.92 Å². The van der Waals surface area contributed by atoms with Crippen LogP contribution < -0.4 is 9.88 Å². The Bertz CT molecular complexity index is 501. The highest BCUT2D eigenvalue weighted by molar-refractivity contribution is 7.89. The van der Waals surface area contributed by atoms with Crippen molar-refractivity contribution in [1.82, 2.24) is 0 Å². The second-order valence-electron chi connectivity index (χ2n) is 3.43. The zero-order chi connectivity index (χ0) is 13.1. The average Bonchev–Trinajstić information content (AvgIpc) is 2.21. The van der Waals surface area contributed by atoms with Crippen molar-refractivity contribution in [2.24, 2.45) is 5.14 Å². The van der Waals surface area contributed by atoms with Crippen LogP contribution in [-0.2, 0) is 14.8 Å². The van der Waals surface area contributed by atoms with Crippen molar-refractivity contribution in [1.29, 1.82) is 0 Å². The number of nitrogens with two attached hydrogens (primary N) is 1. The predicted molar refractivity (Wildman–Crippen MR) is 64.9 cm³/mol. The minimum Gasteiger partial charge on any atom is -0.490 e. The van der Waals surface area contributed by atoms with Crippen molar-refractivity contribution < 1.29 is 17.9 Å². The number of ether oxygens (including phenoxy) is 2. The van der Waals surface area contributed by atoms with Gasteiger partial charge in [-0.25, -0.2) is 13.6 Å². The molecule has 0 bridgehead atoms. The Hall–Kier alpha value is -0.820. The zero-order valence-electron chi connectivity index (χ0n) is 9.57. The largest absolute Gasteiger partial charge is 0.490 e. The van der Waals surface area contributed by atoms with Crippen molar-refractivity contribution >= 4 is 21.6 Å². The Morgan fingerprint density at radius 2 is 2.00 bits per heavy atom. The number of methoxy groups -OCH3 is 1. The van der Waals surface area contributed by atoms with Crippen molar-refractivity contribution in [2.75, 3.05) is 20.3 Å². The fraction of sp³-hybridized carbons (Fsp3) is 0.400. The maximum absolute atomic E-state index is 11.4. The van der Waals surface area contributed by atoms with Crippen LogP contribution in [-0.4, -0.2) is 28.7 Å². The minimum absolute atomic E-state index is 0.121. The molecule has 0 saturated heterocycles. The molecule has 0 spiro atoms. The van der Waals surface area contributed by atoms with Gasteiger partial charge in [0.25, 0.3) is 0 Å². The first-order valence-corrected chi connectivity index (χ1v) is 6.73. The molecule has 1 aromatic rings. The third kappa shape index (κ3) is 3.85. The van der Waals surface area contributed by atoms with E-state index in [4.69, 9.17) is 26.2 Å². The number of halogens is 1. The van der Waals surface area contributed by atoms with E-state index in [0.717, 1.165) is 0 Å². The number of sulfonamides is 1. The molecule has 0 aliphatic carbocycles. The highest BCUT2D eigenvalue weighted by atomic mass is 35.5. The first-order chi connectivity index (χ1) is 7.86. The van der Waals surface area contributed by atoms with E-state index in [1.165, 1.54) is 19.2 Å². The monoisotopic (exact) mass is 279 g/mol. The molecule has 0 heterocycles. The van der Waals surface area contributed by atoms with Gasteiger partial charge in [-0.2, -0.15) is 0 Å². The summed E-state index contributed by atoms with van der Waals surface area (Å²) >= 11 is 5.85. The Morgan fingerprint density at radius 3 is 2.53 bits per heavy atom. The highest BCUT2D eigenvalue weighted by Crippen LogP contribution is 2.29. The zero-order valence-corrected chi connectivity index (χ0v) is 11.1. The molecule has 96 valence electrons. The fourth-order valence-corrected chi connectivity index (χ4v) is 2.12. The molecule has 17 heavy (non-hydrogen) atoms. The molecule has 0 aliphatic rings. The smallest absolute Gasteiger partial charge is 0.241 e. The fourth-order valence-electron chi connectivity index (χ4n) is 1.21. The molecule has 0 atom stereocenters. The average molecular weight is 280 g/mol. The molecule has 1 aromatic carbocycles. The molecule has 0 unspecified atom stereocenters. The molecule has 2 N–H and O–H groups in total. The van der Waals surface area contributed by atoms with E-state index in [1.54, 1.807) is 6.92 Å². The van der Waals surface area contributed by atoms with E-state index in [2.05, 4.69) is 0 Å². The summed E-state index contributed by atoms with van der Waals surface area (Å²) in [6, 6.07) is 2.83. The lowest BCUT2D eigenvalue weighted by Crippen LogP contribution is -2.15. The van der Waals surface area contributed by atoms with Crippen LogP contribution in [0.15, 0.2) is 17.0 Å². The van der Waals surface area contributed by atoms with Gasteiger partial charge in [0.2, 0.25) is 10.0 Å². The third-order valence-electron chi connectivity index (χ3n) is 2.08. The minimum atomic E-state index is -3.86. The summed E-state index contributed by atoms with van der Waals surface area (Å²) in [6.45, 7) is 2.34. The molecular formula is C10H14ClNO4S. The molecule has 0 aliphatic heterocycles. The van der Waals surface area contributed by atoms with Gasteiger partial charge in [0.05, 0.1) is 6.61 Å². The summed E-state index contributed by atoms with van der Waals surface area (Å²) in [4.78, 5) is -0.121. The number of rotatable bonds is 5. The summed E-state index contributed by atoms with van der Waals surface area (Å²) in [5.41, 5.74) is 0.714. The van der Waals surface area contributed by atoms with E-state index < -0.39 is 10.0 Å². The van der Waals surface area contributed by atoms with Gasteiger partial charge in [-0.05, 0) is 24.6 Å². The van der Waals surface area contributed by atoms with E-state index in [1.807, 2.05) is 0 Å². The maximum Gasteiger partial charge on any atom is 0.241 e. The molecule has 7 heteroatoms. The van der Waals surface area contributed by atoms with Gasteiger partial charge in [0.1, 0.15) is 17.3 Å². The van der Waals surface area contributed by atoms with E-state index in [0.29, 0.717) is 17.2 Å².